The molecule has 0 aromatic carbocycles. The summed E-state index contributed by atoms with van der Waals surface area (Å²) in [5, 5.41) is 0. The van der Waals surface area contributed by atoms with Crippen LogP contribution in [-0.4, -0.2) is 0 Å². The van der Waals surface area contributed by atoms with Crippen molar-refractivity contribution >= 4 is 0 Å². The van der Waals surface area contributed by atoms with E-state index >= 15 is 0 Å². The maximum Gasteiger partial charge on any atom is 0.0198 e. The van der Waals surface area contributed by atoms with Gasteiger partial charge in [-0.1, -0.05) is 110 Å². The lowest BCUT2D eigenvalue weighted by molar-refractivity contribution is 0.392. The van der Waals surface area contributed by atoms with Crippen LogP contribution in [0.4, 0.5) is 0 Å². The summed E-state index contributed by atoms with van der Waals surface area (Å²) in [5.41, 5.74) is 0. The smallest absolute Gasteiger partial charge is 0.0198 e. The molecule has 0 aliphatic carbocycles. The molecule has 0 spiro atoms. The van der Waals surface area contributed by atoms with Gasteiger partial charge in [0.2, 0.25) is 0 Å². The molecule has 0 amide bonds. The molecule has 0 saturated heterocycles. The molecule has 0 rings (SSSR count). The van der Waals surface area contributed by atoms with Gasteiger partial charge in [-0.05, 0) is 12.3 Å². The van der Waals surface area contributed by atoms with Gasteiger partial charge in [0.15, 0.2) is 0 Å². The van der Waals surface area contributed by atoms with Crippen LogP contribution in [-0.2, 0) is 0 Å². The van der Waals surface area contributed by atoms with Gasteiger partial charge in [-0.2, -0.15) is 0 Å². The Morgan fingerprint density at radius 2 is 1.17 bits per heavy atom. The van der Waals surface area contributed by atoms with Gasteiger partial charge in [0.05, 0.1) is 0 Å². The predicted octanol–water partition coefficient (Wildman–Crippen LogP) is 7.93. The van der Waals surface area contributed by atoms with E-state index in [4.69, 9.17) is 0 Å². The van der Waals surface area contributed by atoms with E-state index in [1.165, 1.54) is 96.3 Å². The van der Waals surface area contributed by atoms with Crippen molar-refractivity contribution in [3.05, 3.63) is 13.8 Å². The Labute approximate surface area is 148 Å². The van der Waals surface area contributed by atoms with Gasteiger partial charge in [-0.15, -0.1) is 11.8 Å². The molecule has 2 radical (unpaired) electrons. The fourth-order valence-electron chi connectivity index (χ4n) is 3.31. The minimum atomic E-state index is 0.990. The third-order valence-electron chi connectivity index (χ3n) is 4.98. The lowest BCUT2D eigenvalue weighted by Crippen LogP contribution is -1.99. The Bertz CT molecular complexity index is 267. The zero-order valence-corrected chi connectivity index (χ0v) is 16.0. The molecule has 0 N–H and O–H groups in total. The second-order valence-electron chi connectivity index (χ2n) is 7.05. The monoisotopic (exact) mass is 318 g/mol. The first kappa shape index (κ1) is 22.6. The zero-order chi connectivity index (χ0) is 17.0. The van der Waals surface area contributed by atoms with Crippen LogP contribution in [0.5, 0.6) is 0 Å². The molecule has 134 valence electrons. The minimum absolute atomic E-state index is 0.990. The summed E-state index contributed by atoms with van der Waals surface area (Å²) in [6, 6.07) is 0. The number of unbranched alkanes of at least 4 members (excludes halogenated alkanes) is 12. The molecule has 0 aliphatic rings. The van der Waals surface area contributed by atoms with E-state index in [0.29, 0.717) is 0 Å². The molecular formula is C23H42. The maximum atomic E-state index is 3.91. The molecule has 0 saturated carbocycles. The number of rotatable bonds is 17. The third kappa shape index (κ3) is 17.7. The van der Waals surface area contributed by atoms with Crippen molar-refractivity contribution in [1.29, 1.82) is 0 Å². The van der Waals surface area contributed by atoms with E-state index in [1.807, 2.05) is 0 Å². The molecular weight excluding hydrogens is 276 g/mol. The van der Waals surface area contributed by atoms with Crippen LogP contribution in [0.2, 0.25) is 0 Å². The summed E-state index contributed by atoms with van der Waals surface area (Å²) in [6.45, 7) is 9.84. The first-order valence-corrected chi connectivity index (χ1v) is 10.4. The van der Waals surface area contributed by atoms with Crippen LogP contribution in [0.25, 0.3) is 0 Å². The van der Waals surface area contributed by atoms with Gasteiger partial charge in [-0.25, -0.2) is 0 Å². The fourth-order valence-corrected chi connectivity index (χ4v) is 3.31. The second-order valence-corrected chi connectivity index (χ2v) is 7.05. The van der Waals surface area contributed by atoms with Gasteiger partial charge in [0, 0.05) is 13.3 Å². The van der Waals surface area contributed by atoms with Gasteiger partial charge in [0.1, 0.15) is 0 Å². The number of hydrogen-bond donors (Lipinski definition) is 0. The van der Waals surface area contributed by atoms with E-state index in [0.717, 1.165) is 18.8 Å². The Morgan fingerprint density at radius 1 is 0.696 bits per heavy atom. The highest BCUT2D eigenvalue weighted by Gasteiger charge is 2.05. The topological polar surface area (TPSA) is 0 Å². The summed E-state index contributed by atoms with van der Waals surface area (Å²) >= 11 is 0. The van der Waals surface area contributed by atoms with Crippen LogP contribution >= 0.6 is 0 Å². The van der Waals surface area contributed by atoms with E-state index in [1.54, 1.807) is 0 Å². The van der Waals surface area contributed by atoms with Gasteiger partial charge in [0.25, 0.3) is 0 Å². The largest absolute Gasteiger partial charge is 0.103 e. The fraction of sp³-hybridized carbons (Fsp3) is 0.826. The average Bonchev–Trinajstić information content (AvgIpc) is 2.57. The Balaban J connectivity index is 3.30. The van der Waals surface area contributed by atoms with E-state index in [-0.39, 0.29) is 0 Å². The average molecular weight is 319 g/mol. The molecule has 1 unspecified atom stereocenters. The molecule has 0 bridgehead atoms. The standard InChI is InChI=1S/C23H42/c1-4-7-9-11-13-14-15-16-18-20-22-23(6-3)21-19-17-12-10-8-5-2/h23H,1-2,5-6,8-22H2,3H3. The minimum Gasteiger partial charge on any atom is -0.103 e. The lowest BCUT2D eigenvalue weighted by atomic mass is 9.92. The van der Waals surface area contributed by atoms with E-state index in [9.17, 15) is 0 Å². The van der Waals surface area contributed by atoms with Gasteiger partial charge in [-0.3, -0.25) is 0 Å². The third-order valence-corrected chi connectivity index (χ3v) is 4.98. The molecule has 0 aromatic rings. The van der Waals surface area contributed by atoms with Crippen molar-refractivity contribution < 1.29 is 0 Å². The molecule has 0 aromatic heterocycles. The normalized spacial score (nSPS) is 12.0. The molecule has 0 heteroatoms. The SMILES string of the molecule is [CH2]C#CCCCCCCCCCC(CC)CCCCCCC[CH2]. The van der Waals surface area contributed by atoms with E-state index in [2.05, 4.69) is 32.6 Å². The first-order chi connectivity index (χ1) is 11.3. The summed E-state index contributed by atoms with van der Waals surface area (Å²) < 4.78 is 0. The maximum absolute atomic E-state index is 3.91. The van der Waals surface area contributed by atoms with E-state index < -0.39 is 0 Å². The van der Waals surface area contributed by atoms with Crippen molar-refractivity contribution in [3.63, 3.8) is 0 Å². The summed E-state index contributed by atoms with van der Waals surface area (Å²) in [4.78, 5) is 0. The molecule has 0 heterocycles. The van der Waals surface area contributed by atoms with Crippen LogP contribution in [0.1, 0.15) is 116 Å². The quantitative estimate of drug-likeness (QED) is 0.189. The lowest BCUT2D eigenvalue weighted by Gasteiger charge is -2.14. The van der Waals surface area contributed by atoms with Crippen LogP contribution in [0, 0.1) is 31.6 Å². The molecule has 0 fully saturated rings. The number of hydrogen-bond acceptors (Lipinski definition) is 0. The Hall–Kier alpha value is -0.440. The van der Waals surface area contributed by atoms with Crippen LogP contribution in [0.3, 0.4) is 0 Å². The van der Waals surface area contributed by atoms with Gasteiger partial charge >= 0.3 is 0 Å². The summed E-state index contributed by atoms with van der Waals surface area (Å²) in [7, 11) is 0. The first-order valence-electron chi connectivity index (χ1n) is 10.4. The second kappa shape index (κ2) is 19.6. The molecule has 0 aliphatic heterocycles. The van der Waals surface area contributed by atoms with Gasteiger partial charge < -0.3 is 0 Å². The van der Waals surface area contributed by atoms with Crippen LogP contribution in [0.15, 0.2) is 0 Å². The summed E-state index contributed by atoms with van der Waals surface area (Å²) in [5.74, 6) is 6.76. The van der Waals surface area contributed by atoms with Crippen molar-refractivity contribution in [1.82, 2.24) is 0 Å². The molecule has 23 heavy (non-hydrogen) atoms. The Morgan fingerprint density at radius 3 is 1.65 bits per heavy atom. The molecule has 0 nitrogen and oxygen atoms in total. The Kier molecular flexibility index (Phi) is 19.2. The highest BCUT2D eigenvalue weighted by molar-refractivity contribution is 5.00. The predicted molar refractivity (Wildman–Crippen MR) is 106 cm³/mol. The highest BCUT2D eigenvalue weighted by Crippen LogP contribution is 2.21. The van der Waals surface area contributed by atoms with Crippen molar-refractivity contribution in [2.24, 2.45) is 5.92 Å². The van der Waals surface area contributed by atoms with Crippen LogP contribution < -0.4 is 0 Å². The zero-order valence-electron chi connectivity index (χ0n) is 16.0. The highest BCUT2D eigenvalue weighted by atomic mass is 14.1. The molecule has 1 atom stereocenters. The van der Waals surface area contributed by atoms with Crippen molar-refractivity contribution in [3.8, 4) is 11.8 Å². The van der Waals surface area contributed by atoms with Crippen molar-refractivity contribution in [2.75, 3.05) is 0 Å². The summed E-state index contributed by atoms with van der Waals surface area (Å²) in [6.07, 6.45) is 23.2. The van der Waals surface area contributed by atoms with Crippen molar-refractivity contribution in [2.45, 2.75) is 116 Å².